The molecule has 2 aliphatic heterocycles. The molecule has 0 aliphatic carbocycles. The minimum atomic E-state index is -5.27. The molecule has 0 unspecified atom stereocenters. The Labute approximate surface area is 422 Å². The zero-order valence-electron chi connectivity index (χ0n) is 40.5. The summed E-state index contributed by atoms with van der Waals surface area (Å²) in [5, 5.41) is 58.6. The van der Waals surface area contributed by atoms with E-state index >= 15 is 0 Å². The Morgan fingerprint density at radius 3 is 1.68 bits per heavy atom. The number of hydrogen-bond donors (Lipinski definition) is 9. The molecule has 73 heavy (non-hydrogen) atoms. The molecule has 9 N–H and O–H groups in total. The number of nitrogens with one attached hydrogen (secondary N) is 4. The molecule has 0 saturated carbocycles. The first-order valence-electron chi connectivity index (χ1n) is 23.7. The summed E-state index contributed by atoms with van der Waals surface area (Å²) in [6, 6.07) is 9.15. The third-order valence-corrected chi connectivity index (χ3v) is 12.5. The van der Waals surface area contributed by atoms with Gasteiger partial charge in [-0.05, 0) is 74.4 Å². The first-order chi connectivity index (χ1) is 34.5. The lowest BCUT2D eigenvalue weighted by atomic mass is 9.78. The number of rotatable bonds is 25. The Kier molecular flexibility index (Phi) is 23.9. The van der Waals surface area contributed by atoms with E-state index in [1.165, 1.54) is 36.1 Å². The lowest BCUT2D eigenvalue weighted by Crippen LogP contribution is -2.52. The number of amides is 5. The van der Waals surface area contributed by atoms with Crippen molar-refractivity contribution in [3.63, 3.8) is 0 Å². The maximum atomic E-state index is 13.6. The molecule has 0 aromatic heterocycles. The summed E-state index contributed by atoms with van der Waals surface area (Å²) in [5.74, 6) is -6.84. The van der Waals surface area contributed by atoms with Crippen molar-refractivity contribution in [2.24, 2.45) is 0 Å². The summed E-state index contributed by atoms with van der Waals surface area (Å²) in [7, 11) is -6.98. The molecule has 0 spiro atoms. The molecular formula is C45H65BFN9O16S. The van der Waals surface area contributed by atoms with Gasteiger partial charge < -0.3 is 55.7 Å². The Morgan fingerprint density at radius 2 is 1.19 bits per heavy atom. The summed E-state index contributed by atoms with van der Waals surface area (Å²) in [6.45, 7) is 2.75. The van der Waals surface area contributed by atoms with Gasteiger partial charge in [-0.2, -0.15) is 8.42 Å². The SMILES string of the molecule is C[C@@H](NC(=O)c1ccc(CNC(=O)[C@H](CCCCNC(=O)CN2CCN(CC(=O)O)CCN(CC(=O)O)CCN(CC(=O)O)CC2)NC(=O)Cc2ccc(OS(=O)(=O)F)cc2)cc1)C(=O)N1CCC[C@H]1B(O)O. The second-order valence-corrected chi connectivity index (χ2v) is 18.8. The second-order valence-electron chi connectivity index (χ2n) is 17.8. The predicted octanol–water partition coefficient (Wildman–Crippen LogP) is -2.49. The zero-order valence-corrected chi connectivity index (χ0v) is 41.3. The largest absolute Gasteiger partial charge is 0.488 e. The van der Waals surface area contributed by atoms with E-state index in [0.717, 1.165) is 12.1 Å². The van der Waals surface area contributed by atoms with Crippen molar-refractivity contribution in [1.82, 2.24) is 45.8 Å². The molecule has 25 nitrogen and oxygen atoms in total. The number of aliphatic carboxylic acids is 3. The van der Waals surface area contributed by atoms with Gasteiger partial charge in [-0.3, -0.25) is 58.0 Å². The van der Waals surface area contributed by atoms with Gasteiger partial charge in [0.25, 0.3) is 5.91 Å². The van der Waals surface area contributed by atoms with Crippen LogP contribution in [0.25, 0.3) is 0 Å². The van der Waals surface area contributed by atoms with Gasteiger partial charge in [0.15, 0.2) is 0 Å². The monoisotopic (exact) mass is 1050 g/mol. The van der Waals surface area contributed by atoms with Crippen LogP contribution >= 0.6 is 0 Å². The molecule has 2 heterocycles. The van der Waals surface area contributed by atoms with Crippen LogP contribution in [-0.2, 0) is 57.0 Å². The first-order valence-corrected chi connectivity index (χ1v) is 25.0. The molecule has 2 aromatic rings. The van der Waals surface area contributed by atoms with Gasteiger partial charge in [0, 0.05) is 77.6 Å². The van der Waals surface area contributed by atoms with E-state index in [1.807, 2.05) is 0 Å². The predicted molar refractivity (Wildman–Crippen MR) is 258 cm³/mol. The summed E-state index contributed by atoms with van der Waals surface area (Å²) < 4.78 is 38.9. The molecule has 5 amide bonds. The van der Waals surface area contributed by atoms with Crippen molar-refractivity contribution in [2.45, 2.75) is 70.0 Å². The Bertz CT molecular complexity index is 2290. The van der Waals surface area contributed by atoms with Crippen LogP contribution in [0.5, 0.6) is 5.75 Å². The van der Waals surface area contributed by atoms with Crippen molar-refractivity contribution in [3.8, 4) is 5.75 Å². The first kappa shape index (κ1) is 59.3. The topological polar surface area (TPSA) is 345 Å². The molecule has 2 aliphatic rings. The fraction of sp³-hybridized carbons (Fsp3) is 0.556. The number of carbonyl (C=O) groups excluding carboxylic acids is 5. The second kappa shape index (κ2) is 29.4. The smallest absolute Gasteiger partial charge is 0.480 e. The van der Waals surface area contributed by atoms with E-state index < -0.39 is 77.2 Å². The Morgan fingerprint density at radius 1 is 0.685 bits per heavy atom. The van der Waals surface area contributed by atoms with Crippen molar-refractivity contribution < 1.29 is 80.2 Å². The van der Waals surface area contributed by atoms with Crippen molar-refractivity contribution in [1.29, 1.82) is 0 Å². The summed E-state index contributed by atoms with van der Waals surface area (Å²) in [4.78, 5) is 109. The lowest BCUT2D eigenvalue weighted by Gasteiger charge is -2.32. The molecule has 2 aromatic carbocycles. The summed E-state index contributed by atoms with van der Waals surface area (Å²) >= 11 is 0. The van der Waals surface area contributed by atoms with Crippen LogP contribution in [0.1, 0.15) is 60.5 Å². The number of carboxylic acid groups (broad SMARTS) is 3. The number of carbonyl (C=O) groups is 8. The highest BCUT2D eigenvalue weighted by Gasteiger charge is 2.38. The Hall–Kier alpha value is -6.30. The molecule has 402 valence electrons. The van der Waals surface area contributed by atoms with Crippen LogP contribution < -0.4 is 25.5 Å². The number of nitrogens with zero attached hydrogens (tertiary/aromatic N) is 5. The minimum Gasteiger partial charge on any atom is -0.480 e. The summed E-state index contributed by atoms with van der Waals surface area (Å²) in [5.41, 5.74) is 1.19. The average Bonchev–Trinajstić information content (AvgIpc) is 3.81. The molecule has 0 bridgehead atoms. The highest BCUT2D eigenvalue weighted by molar-refractivity contribution is 7.81. The third kappa shape index (κ3) is 22.2. The number of hydrogen-bond acceptors (Lipinski definition) is 17. The van der Waals surface area contributed by atoms with E-state index in [0.29, 0.717) is 43.4 Å². The van der Waals surface area contributed by atoms with Crippen LogP contribution in [0.3, 0.4) is 0 Å². The van der Waals surface area contributed by atoms with Crippen LogP contribution in [0.2, 0.25) is 0 Å². The molecule has 3 atom stereocenters. The molecule has 2 saturated heterocycles. The van der Waals surface area contributed by atoms with Gasteiger partial charge in [-0.25, -0.2) is 0 Å². The highest BCUT2D eigenvalue weighted by atomic mass is 32.3. The van der Waals surface area contributed by atoms with E-state index in [2.05, 4.69) is 25.5 Å². The molecule has 0 radical (unpaired) electrons. The van der Waals surface area contributed by atoms with E-state index in [9.17, 15) is 76.0 Å². The number of likely N-dealkylation sites (tertiary alicyclic amines) is 1. The number of benzene rings is 2. The third-order valence-electron chi connectivity index (χ3n) is 12.1. The fourth-order valence-electron chi connectivity index (χ4n) is 8.28. The normalized spacial score (nSPS) is 17.5. The molecule has 2 fully saturated rings. The van der Waals surface area contributed by atoms with E-state index in [-0.39, 0.29) is 122 Å². The standard InChI is InChI=1S/C45H65BFN9O16S/c1-31(45(67)56-16-4-6-37(56)46(68)69)50-43(65)34-11-7-33(8-12-34)26-49-44(66)36(51-38(57)25-32-9-13-35(14-10-32)72-73(47,70)71)5-2-3-15-48-39(58)27-52-17-19-53(28-40(59)60)21-23-55(30-42(63)64)24-22-54(20-18-52)29-41(61)62/h7-14,31,36-37,68-69H,2-6,15-30H2,1H3,(H,48,58)(H,49,66)(H,50,65)(H,51,57)(H,59,60)(H,61,62)(H,63,64)/t31-,36+,37+/m1/s1. The van der Waals surface area contributed by atoms with Gasteiger partial charge in [0.1, 0.15) is 17.8 Å². The number of halogens is 1. The molecular weight excluding hydrogens is 984 g/mol. The summed E-state index contributed by atoms with van der Waals surface area (Å²) in [6.07, 6.45) is 1.59. The minimum absolute atomic E-state index is 0.0153. The van der Waals surface area contributed by atoms with Crippen LogP contribution in [-0.4, -0.2) is 222 Å². The van der Waals surface area contributed by atoms with Gasteiger partial charge in [-0.15, -0.1) is 0 Å². The van der Waals surface area contributed by atoms with E-state index in [4.69, 9.17) is 0 Å². The number of unbranched alkanes of at least 4 members (excludes halogenated alkanes) is 1. The van der Waals surface area contributed by atoms with Gasteiger partial charge in [0.2, 0.25) is 23.6 Å². The van der Waals surface area contributed by atoms with Crippen molar-refractivity contribution >= 4 is 65.1 Å². The van der Waals surface area contributed by atoms with Gasteiger partial charge >= 0.3 is 35.5 Å². The Balaban J connectivity index is 1.35. The maximum Gasteiger partial charge on any atom is 0.488 e. The van der Waals surface area contributed by atoms with Crippen LogP contribution in [0, 0.1) is 0 Å². The molecule has 28 heteroatoms. The highest BCUT2D eigenvalue weighted by Crippen LogP contribution is 2.20. The lowest BCUT2D eigenvalue weighted by molar-refractivity contribution is -0.140. The van der Waals surface area contributed by atoms with E-state index in [1.54, 1.807) is 31.7 Å². The van der Waals surface area contributed by atoms with Gasteiger partial charge in [0.05, 0.1) is 38.5 Å². The van der Waals surface area contributed by atoms with Crippen LogP contribution in [0.4, 0.5) is 3.89 Å². The number of carboxylic acids is 3. The fourth-order valence-corrected chi connectivity index (χ4v) is 8.62. The maximum absolute atomic E-state index is 13.6. The quantitative estimate of drug-likeness (QED) is 0.0282. The van der Waals surface area contributed by atoms with Crippen molar-refractivity contribution in [3.05, 3.63) is 65.2 Å². The van der Waals surface area contributed by atoms with Crippen molar-refractivity contribution in [2.75, 3.05) is 91.6 Å². The van der Waals surface area contributed by atoms with Crippen LogP contribution in [0.15, 0.2) is 48.5 Å². The average molecular weight is 1050 g/mol. The van der Waals surface area contributed by atoms with Gasteiger partial charge in [-0.1, -0.05) is 28.2 Å². The zero-order chi connectivity index (χ0) is 53.7. The molecule has 4 rings (SSSR count).